The molecule has 0 fully saturated rings. The second-order valence-electron chi connectivity index (χ2n) is 7.22. The highest BCUT2D eigenvalue weighted by atomic mass is 35.5. The van der Waals surface area contributed by atoms with Gasteiger partial charge in [0, 0.05) is 27.3 Å². The second kappa shape index (κ2) is 8.35. The van der Waals surface area contributed by atoms with Crippen LogP contribution in [-0.4, -0.2) is 10.7 Å². The van der Waals surface area contributed by atoms with E-state index in [9.17, 15) is 13.2 Å². The van der Waals surface area contributed by atoms with Crippen LogP contribution in [0.2, 0.25) is 5.02 Å². The van der Waals surface area contributed by atoms with Gasteiger partial charge in [-0.3, -0.25) is 0 Å². The zero-order chi connectivity index (χ0) is 22.3. The minimum atomic E-state index is -4.36. The quantitative estimate of drug-likeness (QED) is 0.291. The van der Waals surface area contributed by atoms with E-state index in [4.69, 9.17) is 21.7 Å². The van der Waals surface area contributed by atoms with Gasteiger partial charge in [0.25, 0.3) is 0 Å². The minimum absolute atomic E-state index is 0.00674. The molecule has 0 aliphatic carbocycles. The molecule has 1 atom stereocenters. The summed E-state index contributed by atoms with van der Waals surface area (Å²) >= 11 is 9.11. The normalized spacial score (nSPS) is 16.4. The molecule has 1 aliphatic heterocycles. The van der Waals surface area contributed by atoms with Gasteiger partial charge in [-0.1, -0.05) is 41.9 Å². The first-order chi connectivity index (χ1) is 15.4. The molecular weight excluding hydrogens is 475 g/mol. The third-order valence-corrected chi connectivity index (χ3v) is 7.21. The molecule has 0 spiro atoms. The van der Waals surface area contributed by atoms with E-state index >= 15 is 0 Å². The number of hydrogen-bond acceptors (Lipinski definition) is 5. The highest BCUT2D eigenvalue weighted by molar-refractivity contribution is 7.14. The Morgan fingerprint density at radius 1 is 0.938 bits per heavy atom. The van der Waals surface area contributed by atoms with Gasteiger partial charge in [-0.25, -0.2) is 9.99 Å². The van der Waals surface area contributed by atoms with E-state index in [1.807, 2.05) is 46.1 Å². The van der Waals surface area contributed by atoms with Gasteiger partial charge in [0.15, 0.2) is 0 Å². The predicted molar refractivity (Wildman–Crippen MR) is 125 cm³/mol. The molecule has 0 saturated heterocycles. The van der Waals surface area contributed by atoms with E-state index in [2.05, 4.69) is 6.07 Å². The second-order valence-corrected chi connectivity index (χ2v) is 9.48. The molecule has 32 heavy (non-hydrogen) atoms. The fourth-order valence-corrected chi connectivity index (χ4v) is 5.31. The number of benzene rings is 2. The molecule has 3 heterocycles. The smallest absolute Gasteiger partial charge is 0.230 e. The molecule has 2 aromatic carbocycles. The molecule has 5 rings (SSSR count). The van der Waals surface area contributed by atoms with E-state index in [1.165, 1.54) is 28.3 Å². The number of thiophene rings is 1. The van der Waals surface area contributed by atoms with E-state index in [1.54, 1.807) is 11.3 Å². The molecule has 9 heteroatoms. The molecule has 0 radical (unpaired) electrons. The summed E-state index contributed by atoms with van der Waals surface area (Å²) in [6.45, 7) is 0. The van der Waals surface area contributed by atoms with Crippen LogP contribution in [0.3, 0.4) is 0 Å². The third-order valence-electron chi connectivity index (χ3n) is 5.16. The van der Waals surface area contributed by atoms with Crippen LogP contribution in [0.5, 0.6) is 0 Å². The first kappa shape index (κ1) is 21.2. The van der Waals surface area contributed by atoms with Crippen LogP contribution in [0.1, 0.15) is 28.5 Å². The Balaban J connectivity index is 1.47. The SMILES string of the molecule is FC(F)(F)c1ccc(-c2csc(N3N=C(c4ccc(Cl)cc4)CC3c3cccs3)n2)cc1. The van der Waals surface area contributed by atoms with Gasteiger partial charge in [0.2, 0.25) is 5.13 Å². The summed E-state index contributed by atoms with van der Waals surface area (Å²) < 4.78 is 38.6. The summed E-state index contributed by atoms with van der Waals surface area (Å²) in [5, 5.41) is 12.0. The lowest BCUT2D eigenvalue weighted by Gasteiger charge is -2.19. The molecule has 0 bridgehead atoms. The van der Waals surface area contributed by atoms with Gasteiger partial charge < -0.3 is 0 Å². The molecule has 0 saturated carbocycles. The Hall–Kier alpha value is -2.68. The van der Waals surface area contributed by atoms with Gasteiger partial charge in [0.05, 0.1) is 23.0 Å². The standard InChI is InChI=1S/C23H15ClF3N3S2/c24-17-9-5-14(6-10-17)18-12-20(21-2-1-11-31-21)30(29-18)22-28-19(13-32-22)15-3-7-16(8-4-15)23(25,26)27/h1-11,13,20H,12H2. The lowest BCUT2D eigenvalue weighted by Crippen LogP contribution is -2.17. The summed E-state index contributed by atoms with van der Waals surface area (Å²) in [4.78, 5) is 5.87. The average Bonchev–Trinajstić information content (AvgIpc) is 3.53. The Morgan fingerprint density at radius 2 is 1.66 bits per heavy atom. The number of hydrazone groups is 1. The summed E-state index contributed by atoms with van der Waals surface area (Å²) in [7, 11) is 0. The maximum absolute atomic E-state index is 12.9. The summed E-state index contributed by atoms with van der Waals surface area (Å²) in [5.41, 5.74) is 2.52. The number of hydrogen-bond donors (Lipinski definition) is 0. The molecule has 1 unspecified atom stereocenters. The van der Waals surface area contributed by atoms with Crippen molar-refractivity contribution in [2.45, 2.75) is 18.6 Å². The fraction of sp³-hybridized carbons (Fsp3) is 0.130. The van der Waals surface area contributed by atoms with Crippen LogP contribution in [0.25, 0.3) is 11.3 Å². The Morgan fingerprint density at radius 3 is 2.31 bits per heavy atom. The Labute approximate surface area is 195 Å². The minimum Gasteiger partial charge on any atom is -0.230 e. The molecule has 4 aromatic rings. The summed E-state index contributed by atoms with van der Waals surface area (Å²) in [6, 6.07) is 16.7. The van der Waals surface area contributed by atoms with Crippen molar-refractivity contribution >= 4 is 45.1 Å². The van der Waals surface area contributed by atoms with Gasteiger partial charge >= 0.3 is 6.18 Å². The van der Waals surface area contributed by atoms with Crippen molar-refractivity contribution in [3.05, 3.63) is 92.5 Å². The van der Waals surface area contributed by atoms with Crippen molar-refractivity contribution in [3.8, 4) is 11.3 Å². The van der Waals surface area contributed by atoms with Gasteiger partial charge in [0.1, 0.15) is 0 Å². The van der Waals surface area contributed by atoms with Crippen molar-refractivity contribution in [3.63, 3.8) is 0 Å². The molecule has 2 aromatic heterocycles. The lowest BCUT2D eigenvalue weighted by atomic mass is 10.0. The third kappa shape index (κ3) is 4.18. The first-order valence-electron chi connectivity index (χ1n) is 9.68. The summed E-state index contributed by atoms with van der Waals surface area (Å²) in [5.74, 6) is 0. The van der Waals surface area contributed by atoms with E-state index < -0.39 is 11.7 Å². The number of rotatable bonds is 4. The monoisotopic (exact) mass is 489 g/mol. The van der Waals surface area contributed by atoms with Crippen molar-refractivity contribution in [2.24, 2.45) is 5.10 Å². The Bertz CT molecular complexity index is 1250. The largest absolute Gasteiger partial charge is 0.416 e. The molecule has 3 nitrogen and oxygen atoms in total. The van der Waals surface area contributed by atoms with Crippen LogP contribution in [0, 0.1) is 0 Å². The molecule has 0 amide bonds. The van der Waals surface area contributed by atoms with E-state index in [0.717, 1.165) is 29.8 Å². The van der Waals surface area contributed by atoms with E-state index in [0.29, 0.717) is 21.4 Å². The topological polar surface area (TPSA) is 28.5 Å². The zero-order valence-electron chi connectivity index (χ0n) is 16.4. The lowest BCUT2D eigenvalue weighted by molar-refractivity contribution is -0.137. The van der Waals surface area contributed by atoms with Crippen LogP contribution in [0.15, 0.2) is 76.5 Å². The van der Waals surface area contributed by atoms with Gasteiger partial charge in [-0.2, -0.15) is 18.3 Å². The number of nitrogens with zero attached hydrogens (tertiary/aromatic N) is 3. The van der Waals surface area contributed by atoms with Crippen LogP contribution in [0.4, 0.5) is 18.3 Å². The molecular formula is C23H15ClF3N3S2. The van der Waals surface area contributed by atoms with Crippen LogP contribution < -0.4 is 5.01 Å². The van der Waals surface area contributed by atoms with Crippen molar-refractivity contribution in [1.29, 1.82) is 0 Å². The zero-order valence-corrected chi connectivity index (χ0v) is 18.8. The Kier molecular flexibility index (Phi) is 5.53. The van der Waals surface area contributed by atoms with Crippen molar-refractivity contribution in [2.75, 3.05) is 5.01 Å². The van der Waals surface area contributed by atoms with Gasteiger partial charge in [-0.05, 0) is 41.3 Å². The first-order valence-corrected chi connectivity index (χ1v) is 11.8. The van der Waals surface area contributed by atoms with Gasteiger partial charge in [-0.15, -0.1) is 22.7 Å². The highest BCUT2D eigenvalue weighted by Gasteiger charge is 2.33. The number of alkyl halides is 3. The fourth-order valence-electron chi connectivity index (χ4n) is 3.54. The number of anilines is 1. The molecule has 162 valence electrons. The maximum atomic E-state index is 12.9. The molecule has 1 aliphatic rings. The summed E-state index contributed by atoms with van der Waals surface area (Å²) in [6.07, 6.45) is -3.64. The van der Waals surface area contributed by atoms with Crippen LogP contribution >= 0.6 is 34.3 Å². The number of halogens is 4. The highest BCUT2D eigenvalue weighted by Crippen LogP contribution is 2.41. The number of aromatic nitrogens is 1. The van der Waals surface area contributed by atoms with Crippen molar-refractivity contribution < 1.29 is 13.2 Å². The number of thiazole rings is 1. The van der Waals surface area contributed by atoms with Crippen molar-refractivity contribution in [1.82, 2.24) is 4.98 Å². The molecule has 0 N–H and O–H groups in total. The van der Waals surface area contributed by atoms with Crippen LogP contribution in [-0.2, 0) is 6.18 Å². The average molecular weight is 490 g/mol. The van der Waals surface area contributed by atoms with E-state index in [-0.39, 0.29) is 6.04 Å². The predicted octanol–water partition coefficient (Wildman–Crippen LogP) is 7.90. The maximum Gasteiger partial charge on any atom is 0.416 e.